The van der Waals surface area contributed by atoms with Crippen LogP contribution in [0.3, 0.4) is 0 Å². The number of aryl methyl sites for hydroxylation is 1. The summed E-state index contributed by atoms with van der Waals surface area (Å²) < 4.78 is 10.2. The van der Waals surface area contributed by atoms with E-state index in [4.69, 9.17) is 20.4 Å². The number of amides is 2. The second kappa shape index (κ2) is 9.55. The molecule has 4 aromatic rings. The predicted octanol–water partition coefficient (Wildman–Crippen LogP) is 4.86. The van der Waals surface area contributed by atoms with Crippen molar-refractivity contribution in [3.63, 3.8) is 0 Å². The molecular weight excluding hydrogens is 566 g/mol. The molecule has 1 spiro atoms. The van der Waals surface area contributed by atoms with Crippen molar-refractivity contribution in [1.82, 2.24) is 28.7 Å². The average Bonchev–Trinajstić information content (AvgIpc) is 3.88. The number of carbonyl (C=O) groups excluding carboxylic acids is 2. The molecule has 3 aliphatic heterocycles. The van der Waals surface area contributed by atoms with Crippen LogP contribution < -0.4 is 10.5 Å². The van der Waals surface area contributed by atoms with Gasteiger partial charge in [-0.05, 0) is 94.4 Å². The van der Waals surface area contributed by atoms with E-state index < -0.39 is 0 Å². The maximum Gasteiger partial charge on any atom is 0.254 e. The average molecular weight is 608 g/mol. The number of hydrogen-bond donors (Lipinski definition) is 1. The molecule has 5 fully saturated rings. The molecule has 2 unspecified atom stereocenters. The molecule has 5 atom stereocenters. The van der Waals surface area contributed by atoms with Gasteiger partial charge in [-0.3, -0.25) is 14.0 Å². The first-order valence-corrected chi connectivity index (χ1v) is 16.7. The molecule has 4 aromatic heterocycles. The molecular formula is C35H41N7O3. The number of rotatable bonds is 6. The summed E-state index contributed by atoms with van der Waals surface area (Å²) in [6, 6.07) is 10.5. The van der Waals surface area contributed by atoms with Crippen molar-refractivity contribution in [2.24, 2.45) is 17.6 Å². The summed E-state index contributed by atoms with van der Waals surface area (Å²) in [7, 11) is 1.65. The minimum absolute atomic E-state index is 0.0105. The number of nitrogens with zero attached hydrogens (tertiary/aromatic N) is 6. The highest BCUT2D eigenvalue weighted by atomic mass is 16.5. The standard InChI is InChI=1S/C35H41N7O3/c1-19-32(38-30-13-23(14-31(45-3)41(19)30)34(44)42-25-15-24-17-35(24,42)29(36)16-25)28-12-22-9-10-26(27-6-4-5-11-39(27)20(2)43)37-33(22)40(28)18-21-7-8-21/h9-10,12-14,21,24-25,27,29H,4-8,11,15-18,36H2,1-3H3/t24-,25+,27?,29-,35?/m1/s1. The Morgan fingerprint density at radius 1 is 1.09 bits per heavy atom. The summed E-state index contributed by atoms with van der Waals surface area (Å²) >= 11 is 0. The fraction of sp³-hybridized carbons (Fsp3) is 0.543. The van der Waals surface area contributed by atoms with Crippen molar-refractivity contribution in [1.29, 1.82) is 0 Å². The Bertz CT molecular complexity index is 1910. The zero-order valence-electron chi connectivity index (χ0n) is 26.3. The third kappa shape index (κ3) is 3.90. The van der Waals surface area contributed by atoms with Gasteiger partial charge in [0.05, 0.1) is 35.8 Å². The van der Waals surface area contributed by atoms with E-state index in [1.165, 1.54) is 12.8 Å². The molecule has 45 heavy (non-hydrogen) atoms. The molecule has 7 heterocycles. The highest BCUT2D eigenvalue weighted by molar-refractivity contribution is 5.97. The second-order valence-electron chi connectivity index (χ2n) is 14.3. The lowest BCUT2D eigenvalue weighted by molar-refractivity contribution is -0.132. The Hall–Kier alpha value is -3.92. The van der Waals surface area contributed by atoms with Crippen LogP contribution in [0.5, 0.6) is 5.88 Å². The van der Waals surface area contributed by atoms with Crippen LogP contribution >= 0.6 is 0 Å². The fourth-order valence-electron chi connectivity index (χ4n) is 9.19. The SMILES string of the molecule is COc1cc(C(=O)N2[C@H]3C[C@@H]4CC42[C@H](N)C3)cc2nc(-c3cc4ccc(C5CCCCN5C(C)=O)nc4n3CC3CC3)c(C)n12. The Morgan fingerprint density at radius 2 is 1.93 bits per heavy atom. The summed E-state index contributed by atoms with van der Waals surface area (Å²) in [5.41, 5.74) is 12.4. The molecule has 3 saturated heterocycles. The van der Waals surface area contributed by atoms with E-state index in [0.29, 0.717) is 28.9 Å². The first kappa shape index (κ1) is 27.4. The van der Waals surface area contributed by atoms with Gasteiger partial charge in [0.1, 0.15) is 17.0 Å². The molecule has 0 radical (unpaired) electrons. The van der Waals surface area contributed by atoms with Gasteiger partial charge >= 0.3 is 0 Å². The van der Waals surface area contributed by atoms with Crippen molar-refractivity contribution < 1.29 is 14.3 Å². The maximum atomic E-state index is 14.0. The molecule has 2 N–H and O–H groups in total. The largest absolute Gasteiger partial charge is 0.482 e. The number of imidazole rings is 1. The number of ether oxygens (including phenoxy) is 1. The van der Waals surface area contributed by atoms with Gasteiger partial charge in [-0.1, -0.05) is 0 Å². The maximum absolute atomic E-state index is 14.0. The summed E-state index contributed by atoms with van der Waals surface area (Å²) in [5, 5.41) is 1.07. The van der Waals surface area contributed by atoms with Gasteiger partial charge in [0.15, 0.2) is 5.88 Å². The number of hydrogen-bond acceptors (Lipinski definition) is 6. The van der Waals surface area contributed by atoms with E-state index in [1.807, 2.05) is 21.4 Å². The number of methoxy groups -OCH3 is 1. The second-order valence-corrected chi connectivity index (χ2v) is 14.3. The van der Waals surface area contributed by atoms with Crippen LogP contribution in [0.2, 0.25) is 0 Å². The Balaban J connectivity index is 1.14. The summed E-state index contributed by atoms with van der Waals surface area (Å²) in [6.45, 7) is 5.40. The molecule has 2 aliphatic carbocycles. The molecule has 234 valence electrons. The van der Waals surface area contributed by atoms with E-state index in [0.717, 1.165) is 85.4 Å². The normalized spacial score (nSPS) is 28.7. The first-order valence-electron chi connectivity index (χ1n) is 16.7. The van der Waals surface area contributed by atoms with Crippen molar-refractivity contribution >= 4 is 28.5 Å². The molecule has 5 aliphatic rings. The van der Waals surface area contributed by atoms with Crippen LogP contribution in [-0.4, -0.2) is 71.8 Å². The molecule has 10 nitrogen and oxygen atoms in total. The van der Waals surface area contributed by atoms with Crippen molar-refractivity contribution in [2.45, 2.75) is 95.4 Å². The number of fused-ring (bicyclic) bond motifs is 3. The molecule has 2 amide bonds. The molecule has 2 bridgehead atoms. The van der Waals surface area contributed by atoms with Crippen molar-refractivity contribution in [3.8, 4) is 17.3 Å². The van der Waals surface area contributed by atoms with Crippen LogP contribution in [-0.2, 0) is 11.3 Å². The van der Waals surface area contributed by atoms with Gasteiger partial charge in [0.2, 0.25) is 5.91 Å². The molecule has 9 rings (SSSR count). The van der Waals surface area contributed by atoms with E-state index in [-0.39, 0.29) is 35.5 Å². The summed E-state index contributed by atoms with van der Waals surface area (Å²) in [6.07, 6.45) is 8.49. The number of nitrogens with two attached hydrogens (primary N) is 1. The predicted molar refractivity (Wildman–Crippen MR) is 170 cm³/mol. The van der Waals surface area contributed by atoms with Gasteiger partial charge in [-0.15, -0.1) is 0 Å². The summed E-state index contributed by atoms with van der Waals surface area (Å²) in [4.78, 5) is 41.0. The van der Waals surface area contributed by atoms with E-state index in [2.05, 4.69) is 34.6 Å². The third-order valence-electron chi connectivity index (χ3n) is 11.6. The topological polar surface area (TPSA) is 111 Å². The quantitative estimate of drug-likeness (QED) is 0.335. The lowest BCUT2D eigenvalue weighted by atomic mass is 9.96. The number of likely N-dealkylation sites (tertiary alicyclic amines) is 1. The number of piperidine rings is 2. The van der Waals surface area contributed by atoms with E-state index in [9.17, 15) is 9.59 Å². The van der Waals surface area contributed by atoms with Gasteiger partial charge in [0.25, 0.3) is 5.91 Å². The zero-order valence-corrected chi connectivity index (χ0v) is 26.3. The Morgan fingerprint density at radius 3 is 2.67 bits per heavy atom. The fourth-order valence-corrected chi connectivity index (χ4v) is 9.19. The first-order chi connectivity index (χ1) is 21.8. The van der Waals surface area contributed by atoms with Crippen LogP contribution in [0.25, 0.3) is 28.1 Å². The number of aromatic nitrogens is 4. The highest BCUT2D eigenvalue weighted by Gasteiger charge is 2.73. The van der Waals surface area contributed by atoms with E-state index >= 15 is 0 Å². The Labute approximate surface area is 262 Å². The van der Waals surface area contributed by atoms with Gasteiger partial charge in [-0.25, -0.2) is 9.97 Å². The van der Waals surface area contributed by atoms with Crippen LogP contribution in [0.15, 0.2) is 30.3 Å². The monoisotopic (exact) mass is 607 g/mol. The number of pyridine rings is 2. The lowest BCUT2D eigenvalue weighted by Crippen LogP contribution is -2.45. The Kier molecular flexibility index (Phi) is 5.81. The zero-order chi connectivity index (χ0) is 30.8. The third-order valence-corrected chi connectivity index (χ3v) is 11.6. The lowest BCUT2D eigenvalue weighted by Gasteiger charge is -2.34. The smallest absolute Gasteiger partial charge is 0.254 e. The van der Waals surface area contributed by atoms with Crippen molar-refractivity contribution in [2.75, 3.05) is 13.7 Å². The van der Waals surface area contributed by atoms with Crippen LogP contribution in [0, 0.1) is 18.8 Å². The van der Waals surface area contributed by atoms with Crippen molar-refractivity contribution in [3.05, 3.63) is 47.3 Å². The summed E-state index contributed by atoms with van der Waals surface area (Å²) in [5.74, 6) is 1.92. The number of carbonyl (C=O) groups is 2. The van der Waals surface area contributed by atoms with Crippen LogP contribution in [0.4, 0.5) is 0 Å². The molecule has 0 aromatic carbocycles. The van der Waals surface area contributed by atoms with Crippen LogP contribution in [0.1, 0.15) is 86.1 Å². The van der Waals surface area contributed by atoms with E-state index in [1.54, 1.807) is 14.0 Å². The molecule has 2 saturated carbocycles. The van der Waals surface area contributed by atoms with Gasteiger partial charge in [0, 0.05) is 49.1 Å². The van der Waals surface area contributed by atoms with Gasteiger partial charge < -0.3 is 24.8 Å². The molecule has 10 heteroatoms. The highest BCUT2D eigenvalue weighted by Crippen LogP contribution is 2.65. The minimum Gasteiger partial charge on any atom is -0.482 e. The minimum atomic E-state index is -0.147. The van der Waals surface area contributed by atoms with Gasteiger partial charge in [-0.2, -0.15) is 0 Å².